The van der Waals surface area contributed by atoms with Crippen LogP contribution in [0, 0.1) is 0 Å². The van der Waals surface area contributed by atoms with E-state index in [1.807, 2.05) is 0 Å². The number of carbonyl (C=O) groups is 3. The second-order valence-corrected chi connectivity index (χ2v) is 22.7. The molecule has 0 N–H and O–H groups in total. The Bertz CT molecular complexity index is 1440. The van der Waals surface area contributed by atoms with E-state index in [2.05, 4.69) is 93.7 Å². The van der Waals surface area contributed by atoms with Crippen LogP contribution in [0.15, 0.2) is 72.9 Å². The molecule has 0 aliphatic carbocycles. The number of hydrogen-bond donors (Lipinski definition) is 0. The number of carbonyl (C=O) groups excluding carboxylic acids is 3. The minimum Gasteiger partial charge on any atom is -0.462 e. The minimum atomic E-state index is -0.777. The Morgan fingerprint density at radius 3 is 0.795 bits per heavy atom. The summed E-state index contributed by atoms with van der Waals surface area (Å²) in [6, 6.07) is 0. The first kappa shape index (κ1) is 74.8. The molecule has 0 rings (SSSR count). The third-order valence-corrected chi connectivity index (χ3v) is 14.9. The fourth-order valence-electron chi connectivity index (χ4n) is 9.88. The summed E-state index contributed by atoms with van der Waals surface area (Å²) < 4.78 is 16.9. The highest BCUT2D eigenvalue weighted by atomic mass is 16.6. The van der Waals surface area contributed by atoms with Crippen LogP contribution in [0.1, 0.15) is 348 Å². The molecule has 452 valence electrons. The largest absolute Gasteiger partial charge is 0.462 e. The van der Waals surface area contributed by atoms with Gasteiger partial charge in [-0.25, -0.2) is 0 Å². The van der Waals surface area contributed by atoms with Crippen molar-refractivity contribution < 1.29 is 28.6 Å². The normalized spacial score (nSPS) is 12.5. The molecule has 1 unspecified atom stereocenters. The first-order chi connectivity index (χ1) is 38.5. The lowest BCUT2D eigenvalue weighted by Crippen LogP contribution is -2.30. The molecule has 0 radical (unpaired) electrons. The lowest BCUT2D eigenvalue weighted by Gasteiger charge is -2.18. The summed E-state index contributed by atoms with van der Waals surface area (Å²) in [4.78, 5) is 38.3. The van der Waals surface area contributed by atoms with Crippen molar-refractivity contribution in [1.29, 1.82) is 0 Å². The second kappa shape index (κ2) is 66.4. The highest BCUT2D eigenvalue weighted by Crippen LogP contribution is 2.17. The van der Waals surface area contributed by atoms with E-state index in [-0.39, 0.29) is 31.1 Å². The van der Waals surface area contributed by atoms with Crippen LogP contribution in [-0.2, 0) is 28.6 Å². The van der Waals surface area contributed by atoms with Gasteiger partial charge >= 0.3 is 17.9 Å². The molecular weight excluding hydrogens is 961 g/mol. The van der Waals surface area contributed by atoms with Crippen LogP contribution in [0.2, 0.25) is 0 Å². The molecule has 0 saturated heterocycles. The summed E-state index contributed by atoms with van der Waals surface area (Å²) in [6.07, 6.45) is 86.4. The van der Waals surface area contributed by atoms with Gasteiger partial charge in [-0.15, -0.1) is 0 Å². The van der Waals surface area contributed by atoms with Crippen molar-refractivity contribution in [2.75, 3.05) is 13.2 Å². The van der Waals surface area contributed by atoms with E-state index in [1.54, 1.807) is 0 Å². The van der Waals surface area contributed by atoms with Crippen LogP contribution < -0.4 is 0 Å². The average molecular weight is 1090 g/mol. The van der Waals surface area contributed by atoms with Crippen LogP contribution in [-0.4, -0.2) is 37.2 Å². The van der Waals surface area contributed by atoms with Gasteiger partial charge in [0.05, 0.1) is 0 Å². The van der Waals surface area contributed by atoms with Gasteiger partial charge in [-0.3, -0.25) is 14.4 Å². The van der Waals surface area contributed by atoms with Crippen LogP contribution in [0.4, 0.5) is 0 Å². The molecule has 0 aromatic rings. The Balaban J connectivity index is 4.19. The topological polar surface area (TPSA) is 78.9 Å². The van der Waals surface area contributed by atoms with E-state index in [4.69, 9.17) is 14.2 Å². The smallest absolute Gasteiger partial charge is 0.306 e. The van der Waals surface area contributed by atoms with E-state index in [0.29, 0.717) is 19.3 Å². The maximum absolute atomic E-state index is 12.9. The Morgan fingerprint density at radius 1 is 0.269 bits per heavy atom. The molecule has 78 heavy (non-hydrogen) atoms. The molecule has 0 fully saturated rings. The van der Waals surface area contributed by atoms with E-state index >= 15 is 0 Å². The van der Waals surface area contributed by atoms with Gasteiger partial charge in [0.25, 0.3) is 0 Å². The van der Waals surface area contributed by atoms with Gasteiger partial charge in [0.1, 0.15) is 13.2 Å². The summed E-state index contributed by atoms with van der Waals surface area (Å²) in [5.41, 5.74) is 0. The highest BCUT2D eigenvalue weighted by Gasteiger charge is 2.19. The van der Waals surface area contributed by atoms with Crippen molar-refractivity contribution in [1.82, 2.24) is 0 Å². The molecule has 6 nitrogen and oxygen atoms in total. The quantitative estimate of drug-likeness (QED) is 0.0261. The average Bonchev–Trinajstić information content (AvgIpc) is 3.44. The van der Waals surface area contributed by atoms with Crippen LogP contribution in [0.5, 0.6) is 0 Å². The van der Waals surface area contributed by atoms with Gasteiger partial charge in [-0.1, -0.05) is 312 Å². The molecule has 0 aromatic carbocycles. The highest BCUT2D eigenvalue weighted by molar-refractivity contribution is 5.71. The zero-order valence-electron chi connectivity index (χ0n) is 51.9. The monoisotopic (exact) mass is 1090 g/mol. The molecule has 0 bridgehead atoms. The zero-order valence-corrected chi connectivity index (χ0v) is 51.9. The van der Waals surface area contributed by atoms with E-state index in [1.165, 1.54) is 212 Å². The van der Waals surface area contributed by atoms with Crippen molar-refractivity contribution in [3.8, 4) is 0 Å². The number of hydrogen-bond acceptors (Lipinski definition) is 6. The minimum absolute atomic E-state index is 0.0732. The standard InChI is InChI=1S/C72H128O6/c1-4-7-10-13-16-19-22-25-27-29-30-31-32-33-34-35-36-37-38-39-40-41-42-43-45-47-50-53-56-59-62-65-71(74)77-68-69(67-76-70(73)64-61-58-55-52-49-46-24-21-18-15-12-9-6-3)78-72(75)66-63-60-57-54-51-48-44-28-26-23-20-17-14-11-8-5-2/h7,10,16,19,25,27-28,30-31,33-34,44,69H,4-6,8-9,11-15,17-18,20-24,26,29,32,35-43,45-68H2,1-3H3/b10-7-,19-16-,27-25-,31-30-,34-33-,44-28-. The lowest BCUT2D eigenvalue weighted by atomic mass is 10.0. The number of ether oxygens (including phenoxy) is 3. The summed E-state index contributed by atoms with van der Waals surface area (Å²) in [5, 5.41) is 0. The summed E-state index contributed by atoms with van der Waals surface area (Å²) in [6.45, 7) is 6.56. The summed E-state index contributed by atoms with van der Waals surface area (Å²) in [7, 11) is 0. The van der Waals surface area contributed by atoms with Gasteiger partial charge < -0.3 is 14.2 Å². The van der Waals surface area contributed by atoms with Crippen LogP contribution in [0.25, 0.3) is 0 Å². The Hall–Kier alpha value is -3.15. The van der Waals surface area contributed by atoms with Gasteiger partial charge in [-0.2, -0.15) is 0 Å². The molecule has 6 heteroatoms. The zero-order chi connectivity index (χ0) is 56.4. The maximum atomic E-state index is 12.9. The Labute approximate surface area is 484 Å². The van der Waals surface area contributed by atoms with Crippen molar-refractivity contribution in [2.45, 2.75) is 354 Å². The van der Waals surface area contributed by atoms with E-state index in [9.17, 15) is 14.4 Å². The van der Waals surface area contributed by atoms with Crippen molar-refractivity contribution in [2.24, 2.45) is 0 Å². The SMILES string of the molecule is CC/C=C\C/C=C\C/C=C\C/C=C\C/C=C\CCCCCCCCCCCCCCCCCC(=O)OCC(COC(=O)CCCCCCCCCCCCCCC)OC(=O)CCCCCCC/C=C\CCCCCCCCC. The van der Waals surface area contributed by atoms with Gasteiger partial charge in [0, 0.05) is 19.3 Å². The third-order valence-electron chi connectivity index (χ3n) is 14.9. The van der Waals surface area contributed by atoms with Crippen LogP contribution >= 0.6 is 0 Å². The van der Waals surface area contributed by atoms with Crippen molar-refractivity contribution in [3.05, 3.63) is 72.9 Å². The Morgan fingerprint density at radius 2 is 0.500 bits per heavy atom. The third kappa shape index (κ3) is 63.7. The fourth-order valence-corrected chi connectivity index (χ4v) is 9.88. The van der Waals surface area contributed by atoms with Crippen LogP contribution in [0.3, 0.4) is 0 Å². The fraction of sp³-hybridized carbons (Fsp3) is 0.792. The predicted molar refractivity (Wildman–Crippen MR) is 339 cm³/mol. The number of unbranched alkanes of at least 4 members (excludes halogenated alkanes) is 39. The van der Waals surface area contributed by atoms with Crippen molar-refractivity contribution in [3.63, 3.8) is 0 Å². The molecule has 0 spiro atoms. The predicted octanol–water partition coefficient (Wildman–Crippen LogP) is 23.3. The van der Waals surface area contributed by atoms with Gasteiger partial charge in [0.2, 0.25) is 0 Å². The second-order valence-electron chi connectivity index (χ2n) is 22.7. The molecular formula is C72H128O6. The first-order valence-electron chi connectivity index (χ1n) is 33.9. The summed E-state index contributed by atoms with van der Waals surface area (Å²) in [5.74, 6) is -0.862. The number of allylic oxidation sites excluding steroid dienone is 12. The van der Waals surface area contributed by atoms with Gasteiger partial charge in [-0.05, 0) is 89.9 Å². The molecule has 0 saturated carbocycles. The number of esters is 3. The molecule has 0 amide bonds. The van der Waals surface area contributed by atoms with E-state index < -0.39 is 6.10 Å². The maximum Gasteiger partial charge on any atom is 0.306 e. The first-order valence-corrected chi connectivity index (χ1v) is 33.9. The molecule has 0 aromatic heterocycles. The van der Waals surface area contributed by atoms with E-state index in [0.717, 1.165) is 96.3 Å². The molecule has 0 aliphatic heterocycles. The molecule has 1 atom stereocenters. The molecule has 0 heterocycles. The molecule has 0 aliphatic rings. The van der Waals surface area contributed by atoms with Gasteiger partial charge in [0.15, 0.2) is 6.10 Å². The number of rotatable bonds is 62. The Kier molecular flexibility index (Phi) is 63.7. The van der Waals surface area contributed by atoms with Crippen molar-refractivity contribution >= 4 is 17.9 Å². The lowest BCUT2D eigenvalue weighted by molar-refractivity contribution is -0.167. The summed E-state index contributed by atoms with van der Waals surface area (Å²) >= 11 is 0.